The summed E-state index contributed by atoms with van der Waals surface area (Å²) in [7, 11) is 0. The third-order valence-corrected chi connectivity index (χ3v) is 2.39. The van der Waals surface area contributed by atoms with E-state index in [0.29, 0.717) is 0 Å². The molecule has 2 amide bonds. The van der Waals surface area contributed by atoms with E-state index >= 15 is 0 Å². The van der Waals surface area contributed by atoms with Crippen molar-refractivity contribution in [3.63, 3.8) is 0 Å². The summed E-state index contributed by atoms with van der Waals surface area (Å²) >= 11 is 0. The Morgan fingerprint density at radius 1 is 1.60 bits per heavy atom. The number of nitrogens with one attached hydrogen (secondary N) is 2. The molecule has 0 aromatic carbocycles. The Bertz CT molecular complexity index is 372. The smallest absolute Gasteiger partial charge is 0.244 e. The summed E-state index contributed by atoms with van der Waals surface area (Å²) in [5, 5.41) is 5.28. The monoisotopic (exact) mass is 208 g/mol. The van der Waals surface area contributed by atoms with Crippen molar-refractivity contribution in [3.8, 4) is 0 Å². The van der Waals surface area contributed by atoms with Crippen LogP contribution in [0.2, 0.25) is 0 Å². The second kappa shape index (κ2) is 3.86. The first-order valence-corrected chi connectivity index (χ1v) is 4.80. The van der Waals surface area contributed by atoms with Gasteiger partial charge in [0.15, 0.2) is 0 Å². The van der Waals surface area contributed by atoms with Gasteiger partial charge in [-0.25, -0.2) is 0 Å². The third-order valence-electron chi connectivity index (χ3n) is 2.39. The van der Waals surface area contributed by atoms with Crippen LogP contribution in [0.3, 0.4) is 0 Å². The minimum Gasteiger partial charge on any atom is -0.468 e. The maximum atomic E-state index is 11.3. The van der Waals surface area contributed by atoms with Gasteiger partial charge in [0.05, 0.1) is 24.8 Å². The molecule has 1 aliphatic heterocycles. The van der Waals surface area contributed by atoms with Crippen LogP contribution in [0.25, 0.3) is 0 Å². The predicted molar refractivity (Wildman–Crippen MR) is 51.8 cm³/mol. The van der Waals surface area contributed by atoms with Gasteiger partial charge in [0.25, 0.3) is 0 Å². The number of rotatable bonds is 3. The van der Waals surface area contributed by atoms with Gasteiger partial charge >= 0.3 is 0 Å². The zero-order valence-electron chi connectivity index (χ0n) is 8.32. The molecule has 1 aromatic heterocycles. The molecule has 2 rings (SSSR count). The zero-order chi connectivity index (χ0) is 10.8. The van der Waals surface area contributed by atoms with Gasteiger partial charge in [-0.05, 0) is 19.1 Å². The largest absolute Gasteiger partial charge is 0.468 e. The number of furan rings is 1. The van der Waals surface area contributed by atoms with Crippen molar-refractivity contribution in [3.05, 3.63) is 24.2 Å². The summed E-state index contributed by atoms with van der Waals surface area (Å²) in [5.74, 6) is 0.254. The average Bonchev–Trinajstić information content (AvgIpc) is 2.76. The summed E-state index contributed by atoms with van der Waals surface area (Å²) in [6.45, 7) is 1.88. The molecule has 15 heavy (non-hydrogen) atoms. The lowest BCUT2D eigenvalue weighted by Gasteiger charge is -2.14. The van der Waals surface area contributed by atoms with E-state index in [1.807, 2.05) is 13.0 Å². The molecule has 1 fully saturated rings. The van der Waals surface area contributed by atoms with Gasteiger partial charge in [0, 0.05) is 0 Å². The SMILES string of the molecule is C[C@@H](NC1CC(=O)NC1=O)c1ccco1. The molecule has 0 aliphatic carbocycles. The van der Waals surface area contributed by atoms with Crippen molar-refractivity contribution in [2.24, 2.45) is 0 Å². The molecule has 1 aliphatic rings. The van der Waals surface area contributed by atoms with E-state index in [4.69, 9.17) is 4.42 Å². The van der Waals surface area contributed by atoms with E-state index in [1.165, 1.54) is 0 Å². The summed E-state index contributed by atoms with van der Waals surface area (Å²) < 4.78 is 5.19. The topological polar surface area (TPSA) is 71.3 Å². The minimum absolute atomic E-state index is 0.0818. The zero-order valence-corrected chi connectivity index (χ0v) is 8.32. The number of amides is 2. The maximum Gasteiger partial charge on any atom is 0.244 e. The summed E-state index contributed by atoms with van der Waals surface area (Å²) in [4.78, 5) is 22.2. The third kappa shape index (κ3) is 2.07. The molecule has 0 saturated carbocycles. The normalized spacial score (nSPS) is 22.9. The summed E-state index contributed by atoms with van der Waals surface area (Å²) in [5.41, 5.74) is 0. The highest BCUT2D eigenvalue weighted by Gasteiger charge is 2.31. The average molecular weight is 208 g/mol. The summed E-state index contributed by atoms with van der Waals surface area (Å²) in [6.07, 6.45) is 1.78. The van der Waals surface area contributed by atoms with E-state index < -0.39 is 6.04 Å². The van der Waals surface area contributed by atoms with Crippen LogP contribution in [-0.2, 0) is 9.59 Å². The van der Waals surface area contributed by atoms with Crippen molar-refractivity contribution >= 4 is 11.8 Å². The first-order valence-electron chi connectivity index (χ1n) is 4.80. The van der Waals surface area contributed by atoms with Crippen LogP contribution in [0.5, 0.6) is 0 Å². The molecule has 0 bridgehead atoms. The van der Waals surface area contributed by atoms with E-state index in [-0.39, 0.29) is 24.3 Å². The number of hydrogen-bond donors (Lipinski definition) is 2. The molecule has 2 atom stereocenters. The van der Waals surface area contributed by atoms with Crippen molar-refractivity contribution in [1.29, 1.82) is 0 Å². The molecule has 2 heterocycles. The number of hydrogen-bond acceptors (Lipinski definition) is 4. The molecule has 1 saturated heterocycles. The predicted octanol–water partition coefficient (Wildman–Crippen LogP) is 0.345. The number of imide groups is 1. The van der Waals surface area contributed by atoms with Gasteiger partial charge < -0.3 is 4.42 Å². The minimum atomic E-state index is -0.447. The van der Waals surface area contributed by atoms with Crippen LogP contribution in [0, 0.1) is 0 Å². The Hall–Kier alpha value is -1.62. The lowest BCUT2D eigenvalue weighted by Crippen LogP contribution is -2.37. The second-order valence-corrected chi connectivity index (χ2v) is 3.57. The Kier molecular flexibility index (Phi) is 2.55. The Morgan fingerprint density at radius 3 is 2.93 bits per heavy atom. The molecule has 2 N–H and O–H groups in total. The van der Waals surface area contributed by atoms with Crippen LogP contribution < -0.4 is 10.6 Å². The lowest BCUT2D eigenvalue weighted by atomic mass is 10.2. The van der Waals surface area contributed by atoms with E-state index in [9.17, 15) is 9.59 Å². The molecule has 0 spiro atoms. The van der Waals surface area contributed by atoms with E-state index in [1.54, 1.807) is 12.3 Å². The van der Waals surface area contributed by atoms with Crippen LogP contribution in [0.1, 0.15) is 25.1 Å². The Morgan fingerprint density at radius 2 is 2.40 bits per heavy atom. The molecular weight excluding hydrogens is 196 g/mol. The van der Waals surface area contributed by atoms with Crippen LogP contribution in [0.15, 0.2) is 22.8 Å². The van der Waals surface area contributed by atoms with Gasteiger partial charge in [-0.1, -0.05) is 0 Å². The Labute approximate surface area is 86.8 Å². The molecule has 1 aromatic rings. The van der Waals surface area contributed by atoms with Gasteiger partial charge in [-0.3, -0.25) is 20.2 Å². The van der Waals surface area contributed by atoms with Crippen LogP contribution in [-0.4, -0.2) is 17.9 Å². The van der Waals surface area contributed by atoms with Gasteiger partial charge in [-0.2, -0.15) is 0 Å². The highest BCUT2D eigenvalue weighted by Crippen LogP contribution is 2.15. The van der Waals surface area contributed by atoms with Crippen molar-refractivity contribution in [1.82, 2.24) is 10.6 Å². The van der Waals surface area contributed by atoms with Crippen molar-refractivity contribution < 1.29 is 14.0 Å². The fraction of sp³-hybridized carbons (Fsp3) is 0.400. The first-order chi connectivity index (χ1) is 7.16. The van der Waals surface area contributed by atoms with Gasteiger partial charge in [-0.15, -0.1) is 0 Å². The molecule has 80 valence electrons. The van der Waals surface area contributed by atoms with E-state index in [2.05, 4.69) is 10.6 Å². The summed E-state index contributed by atoms with van der Waals surface area (Å²) in [6, 6.07) is 3.08. The van der Waals surface area contributed by atoms with Crippen molar-refractivity contribution in [2.75, 3.05) is 0 Å². The quantitative estimate of drug-likeness (QED) is 0.703. The van der Waals surface area contributed by atoms with Gasteiger partial charge in [0.2, 0.25) is 11.8 Å². The highest BCUT2D eigenvalue weighted by molar-refractivity contribution is 6.05. The lowest BCUT2D eigenvalue weighted by molar-refractivity contribution is -0.125. The molecule has 0 radical (unpaired) electrons. The van der Waals surface area contributed by atoms with E-state index in [0.717, 1.165) is 5.76 Å². The maximum absolute atomic E-state index is 11.3. The van der Waals surface area contributed by atoms with Crippen LogP contribution >= 0.6 is 0 Å². The van der Waals surface area contributed by atoms with Gasteiger partial charge in [0.1, 0.15) is 5.76 Å². The highest BCUT2D eigenvalue weighted by atomic mass is 16.3. The first kappa shape index (κ1) is 9.92. The van der Waals surface area contributed by atoms with Crippen molar-refractivity contribution in [2.45, 2.75) is 25.4 Å². The Balaban J connectivity index is 1.98. The van der Waals surface area contributed by atoms with Crippen LogP contribution in [0.4, 0.5) is 0 Å². The molecular formula is C10H12N2O3. The molecule has 5 nitrogen and oxygen atoms in total. The fourth-order valence-corrected chi connectivity index (χ4v) is 1.61. The standard InChI is InChI=1S/C10H12N2O3/c1-6(8-3-2-4-15-8)11-7-5-9(13)12-10(7)14/h2-4,6-7,11H,5H2,1H3,(H,12,13,14)/t6-,7?/m1/s1. The second-order valence-electron chi connectivity index (χ2n) is 3.57. The molecule has 5 heteroatoms. The molecule has 1 unspecified atom stereocenters. The number of carbonyl (C=O) groups is 2. The fourth-order valence-electron chi connectivity index (χ4n) is 1.61. The number of carbonyl (C=O) groups excluding carboxylic acids is 2.